The number of benzene rings is 1. The van der Waals surface area contributed by atoms with E-state index in [1.807, 2.05) is 0 Å². The van der Waals surface area contributed by atoms with Gasteiger partial charge >= 0.3 is 0 Å². The van der Waals surface area contributed by atoms with Crippen LogP contribution in [0.15, 0.2) is 18.2 Å². The Hall–Kier alpha value is -1.13. The zero-order valence-electron chi connectivity index (χ0n) is 10.9. The van der Waals surface area contributed by atoms with Crippen molar-refractivity contribution >= 4 is 17.5 Å². The summed E-state index contributed by atoms with van der Waals surface area (Å²) in [7, 11) is 0. The fourth-order valence-corrected chi connectivity index (χ4v) is 2.66. The van der Waals surface area contributed by atoms with Crippen LogP contribution in [-0.4, -0.2) is 29.9 Å². The minimum atomic E-state index is -0.509. The van der Waals surface area contributed by atoms with Crippen molar-refractivity contribution in [3.05, 3.63) is 34.6 Å². The van der Waals surface area contributed by atoms with Gasteiger partial charge in [-0.25, -0.2) is 4.39 Å². The van der Waals surface area contributed by atoms with Gasteiger partial charge in [-0.1, -0.05) is 24.9 Å². The van der Waals surface area contributed by atoms with Gasteiger partial charge in [0.2, 0.25) is 0 Å². The van der Waals surface area contributed by atoms with Crippen LogP contribution in [0.2, 0.25) is 5.02 Å². The lowest BCUT2D eigenvalue weighted by molar-refractivity contribution is 0.0649. The number of piperidine rings is 1. The van der Waals surface area contributed by atoms with E-state index in [0.29, 0.717) is 24.6 Å². The Labute approximate surface area is 117 Å². The molecule has 1 saturated heterocycles. The molecule has 1 fully saturated rings. The minimum absolute atomic E-state index is 0.0217. The molecule has 104 valence electrons. The number of likely N-dealkylation sites (tertiary alicyclic amines) is 1. The monoisotopic (exact) mass is 284 g/mol. The van der Waals surface area contributed by atoms with E-state index >= 15 is 0 Å². The largest absolute Gasteiger partial charge is 0.338 e. The van der Waals surface area contributed by atoms with Gasteiger partial charge in [0.1, 0.15) is 5.82 Å². The van der Waals surface area contributed by atoms with Crippen LogP contribution in [0.25, 0.3) is 0 Å². The van der Waals surface area contributed by atoms with Crippen LogP contribution in [0, 0.1) is 11.7 Å². The second-order valence-corrected chi connectivity index (χ2v) is 5.41. The molecule has 3 nitrogen and oxygen atoms in total. The van der Waals surface area contributed by atoms with Gasteiger partial charge in [0.25, 0.3) is 5.91 Å². The SMILES string of the molecule is CCC1CN(C(=O)c2ccc(F)c(Cl)c2)CCC1N. The number of nitrogens with zero attached hydrogens (tertiary/aromatic N) is 1. The topological polar surface area (TPSA) is 46.3 Å². The highest BCUT2D eigenvalue weighted by molar-refractivity contribution is 6.31. The van der Waals surface area contributed by atoms with Gasteiger partial charge < -0.3 is 10.6 Å². The lowest BCUT2D eigenvalue weighted by Crippen LogP contribution is -2.49. The Morgan fingerprint density at radius 2 is 2.32 bits per heavy atom. The summed E-state index contributed by atoms with van der Waals surface area (Å²) in [4.78, 5) is 14.1. The van der Waals surface area contributed by atoms with Crippen LogP contribution >= 0.6 is 11.6 Å². The Bertz CT molecular complexity index is 481. The Morgan fingerprint density at radius 3 is 2.95 bits per heavy atom. The number of nitrogens with two attached hydrogens (primary N) is 1. The number of hydrogen-bond acceptors (Lipinski definition) is 2. The third-order valence-electron chi connectivity index (χ3n) is 3.77. The van der Waals surface area contributed by atoms with Crippen molar-refractivity contribution in [2.24, 2.45) is 11.7 Å². The van der Waals surface area contributed by atoms with Gasteiger partial charge in [-0.15, -0.1) is 0 Å². The lowest BCUT2D eigenvalue weighted by atomic mass is 9.90. The molecular weight excluding hydrogens is 267 g/mol. The number of hydrogen-bond donors (Lipinski definition) is 1. The van der Waals surface area contributed by atoms with Gasteiger partial charge in [-0.2, -0.15) is 0 Å². The molecule has 2 rings (SSSR count). The lowest BCUT2D eigenvalue weighted by Gasteiger charge is -2.36. The summed E-state index contributed by atoms with van der Waals surface area (Å²) < 4.78 is 13.1. The normalized spacial score (nSPS) is 23.5. The maximum absolute atomic E-state index is 13.1. The third-order valence-corrected chi connectivity index (χ3v) is 4.06. The molecule has 1 aromatic carbocycles. The van der Waals surface area contributed by atoms with Gasteiger partial charge in [-0.05, 0) is 30.5 Å². The van der Waals surface area contributed by atoms with Crippen LogP contribution in [0.1, 0.15) is 30.1 Å². The van der Waals surface area contributed by atoms with Crippen LogP contribution in [0.5, 0.6) is 0 Å². The number of carbonyl (C=O) groups is 1. The summed E-state index contributed by atoms with van der Waals surface area (Å²) in [6, 6.07) is 4.24. The van der Waals surface area contributed by atoms with Crippen molar-refractivity contribution < 1.29 is 9.18 Å². The molecule has 0 spiro atoms. The summed E-state index contributed by atoms with van der Waals surface area (Å²) >= 11 is 5.71. The molecule has 1 heterocycles. The maximum Gasteiger partial charge on any atom is 0.253 e. The van der Waals surface area contributed by atoms with Gasteiger partial charge in [0, 0.05) is 24.7 Å². The van der Waals surface area contributed by atoms with Crippen LogP contribution in [0.4, 0.5) is 4.39 Å². The molecule has 0 bridgehead atoms. The Morgan fingerprint density at radius 1 is 1.58 bits per heavy atom. The fourth-order valence-electron chi connectivity index (χ4n) is 2.48. The van der Waals surface area contributed by atoms with Crippen molar-refractivity contribution in [1.82, 2.24) is 4.90 Å². The first-order chi connectivity index (χ1) is 9.02. The first-order valence-corrected chi connectivity index (χ1v) is 6.90. The van der Waals surface area contributed by atoms with Crippen LogP contribution in [0.3, 0.4) is 0 Å². The molecule has 0 aromatic heterocycles. The van der Waals surface area contributed by atoms with E-state index in [2.05, 4.69) is 6.92 Å². The summed E-state index contributed by atoms with van der Waals surface area (Å²) in [6.45, 7) is 3.38. The molecule has 2 N–H and O–H groups in total. The smallest absolute Gasteiger partial charge is 0.253 e. The number of rotatable bonds is 2. The van der Waals surface area contributed by atoms with Crippen molar-refractivity contribution in [1.29, 1.82) is 0 Å². The molecule has 1 amide bonds. The predicted octanol–water partition coefficient (Wildman–Crippen LogP) is 2.68. The average molecular weight is 285 g/mol. The van der Waals surface area contributed by atoms with E-state index in [1.165, 1.54) is 18.2 Å². The van der Waals surface area contributed by atoms with Gasteiger partial charge in [0.05, 0.1) is 5.02 Å². The molecule has 1 aliphatic rings. The second-order valence-electron chi connectivity index (χ2n) is 5.00. The van der Waals surface area contributed by atoms with E-state index in [1.54, 1.807) is 4.90 Å². The number of halogens is 2. The van der Waals surface area contributed by atoms with E-state index in [4.69, 9.17) is 17.3 Å². The third kappa shape index (κ3) is 3.07. The molecule has 1 aliphatic heterocycles. The van der Waals surface area contributed by atoms with E-state index in [0.717, 1.165) is 12.8 Å². The summed E-state index contributed by atoms with van der Waals surface area (Å²) in [5.74, 6) is -0.286. The average Bonchev–Trinajstić information content (AvgIpc) is 2.41. The Balaban J connectivity index is 2.13. The van der Waals surface area contributed by atoms with Crippen molar-refractivity contribution in [2.75, 3.05) is 13.1 Å². The van der Waals surface area contributed by atoms with Crippen LogP contribution < -0.4 is 5.73 Å². The van der Waals surface area contributed by atoms with Gasteiger partial charge in [-0.3, -0.25) is 4.79 Å². The molecular formula is C14H18ClFN2O. The zero-order valence-corrected chi connectivity index (χ0v) is 11.7. The second kappa shape index (κ2) is 5.88. The maximum atomic E-state index is 13.1. The highest BCUT2D eigenvalue weighted by Crippen LogP contribution is 2.22. The Kier molecular flexibility index (Phi) is 4.42. The van der Waals surface area contributed by atoms with E-state index in [-0.39, 0.29) is 17.0 Å². The number of amides is 1. The number of carbonyl (C=O) groups excluding carboxylic acids is 1. The van der Waals surface area contributed by atoms with Crippen molar-refractivity contribution in [2.45, 2.75) is 25.8 Å². The predicted molar refractivity (Wildman–Crippen MR) is 73.7 cm³/mol. The quantitative estimate of drug-likeness (QED) is 0.907. The first kappa shape index (κ1) is 14.3. The molecule has 0 aliphatic carbocycles. The highest BCUT2D eigenvalue weighted by atomic mass is 35.5. The standard InChI is InChI=1S/C14H18ClFN2O/c1-2-9-8-18(6-5-13(9)17)14(19)10-3-4-12(16)11(15)7-10/h3-4,7,9,13H,2,5-6,8,17H2,1H3. The molecule has 19 heavy (non-hydrogen) atoms. The molecule has 0 saturated carbocycles. The minimum Gasteiger partial charge on any atom is -0.338 e. The highest BCUT2D eigenvalue weighted by Gasteiger charge is 2.28. The van der Waals surface area contributed by atoms with E-state index in [9.17, 15) is 9.18 Å². The van der Waals surface area contributed by atoms with E-state index < -0.39 is 5.82 Å². The first-order valence-electron chi connectivity index (χ1n) is 6.52. The van der Waals surface area contributed by atoms with Crippen molar-refractivity contribution in [3.8, 4) is 0 Å². The summed E-state index contributed by atoms with van der Waals surface area (Å²) in [6.07, 6.45) is 1.76. The summed E-state index contributed by atoms with van der Waals surface area (Å²) in [5.41, 5.74) is 6.45. The molecule has 2 atom stereocenters. The van der Waals surface area contributed by atoms with Crippen LogP contribution in [-0.2, 0) is 0 Å². The molecule has 0 radical (unpaired) electrons. The molecule has 5 heteroatoms. The molecule has 1 aromatic rings. The van der Waals surface area contributed by atoms with Crippen molar-refractivity contribution in [3.63, 3.8) is 0 Å². The van der Waals surface area contributed by atoms with Gasteiger partial charge in [0.15, 0.2) is 0 Å². The fraction of sp³-hybridized carbons (Fsp3) is 0.500. The summed E-state index contributed by atoms with van der Waals surface area (Å²) in [5, 5.41) is -0.0217. The zero-order chi connectivity index (χ0) is 14.0. The molecule has 2 unspecified atom stereocenters.